The second-order valence-corrected chi connectivity index (χ2v) is 9.83. The second-order valence-electron chi connectivity index (χ2n) is 9.83. The summed E-state index contributed by atoms with van der Waals surface area (Å²) in [5.41, 5.74) is 0. The van der Waals surface area contributed by atoms with Crippen molar-refractivity contribution < 1.29 is 39.5 Å². The molecule has 0 rings (SSSR count). The Bertz CT molecular complexity index is 354. The van der Waals surface area contributed by atoms with E-state index in [0.29, 0.717) is 0 Å². The molecule has 0 N–H and O–H groups in total. The standard InChI is InChI=1S/C28H57NO2.Na/c1-4-6-8-10-12-14-16-18-20-22-24-29(27(3)26-28(30)31)25-23-21-19-17-15-13-11-9-7-5-2;/h27H,4-26H2,1-3H3,(H,30,31);/q;+1/p-1. The van der Waals surface area contributed by atoms with Gasteiger partial charge >= 0.3 is 29.6 Å². The van der Waals surface area contributed by atoms with Crippen LogP contribution in [0.4, 0.5) is 0 Å². The van der Waals surface area contributed by atoms with E-state index < -0.39 is 5.97 Å². The summed E-state index contributed by atoms with van der Waals surface area (Å²) in [5, 5.41) is 11.1. The van der Waals surface area contributed by atoms with Crippen LogP contribution in [0.15, 0.2) is 0 Å². The Labute approximate surface area is 224 Å². The largest absolute Gasteiger partial charge is 1.00 e. The Morgan fingerprint density at radius 2 is 0.875 bits per heavy atom. The van der Waals surface area contributed by atoms with Gasteiger partial charge in [-0.15, -0.1) is 0 Å². The van der Waals surface area contributed by atoms with Crippen LogP contribution in [0.25, 0.3) is 0 Å². The van der Waals surface area contributed by atoms with Crippen molar-refractivity contribution in [2.45, 2.75) is 162 Å². The number of hydrogen-bond acceptors (Lipinski definition) is 3. The molecule has 4 heteroatoms. The molecule has 0 aromatic heterocycles. The van der Waals surface area contributed by atoms with Gasteiger partial charge in [-0.1, -0.05) is 129 Å². The van der Waals surface area contributed by atoms with Gasteiger partial charge in [-0.3, -0.25) is 0 Å². The molecule has 32 heavy (non-hydrogen) atoms. The first-order chi connectivity index (χ1) is 15.1. The normalized spacial score (nSPS) is 12.1. The van der Waals surface area contributed by atoms with Crippen LogP contribution < -0.4 is 34.7 Å². The molecule has 0 aliphatic carbocycles. The topological polar surface area (TPSA) is 43.4 Å². The van der Waals surface area contributed by atoms with Crippen LogP contribution >= 0.6 is 0 Å². The van der Waals surface area contributed by atoms with E-state index in [4.69, 9.17) is 0 Å². The van der Waals surface area contributed by atoms with Crippen molar-refractivity contribution >= 4 is 5.97 Å². The van der Waals surface area contributed by atoms with Crippen molar-refractivity contribution in [3.63, 3.8) is 0 Å². The van der Waals surface area contributed by atoms with Crippen LogP contribution in [0.2, 0.25) is 0 Å². The summed E-state index contributed by atoms with van der Waals surface area (Å²) in [6.45, 7) is 8.69. The first-order valence-electron chi connectivity index (χ1n) is 14.1. The van der Waals surface area contributed by atoms with Gasteiger partial charge in [0.05, 0.1) is 0 Å². The van der Waals surface area contributed by atoms with Gasteiger partial charge in [0.1, 0.15) is 0 Å². The molecule has 1 unspecified atom stereocenters. The van der Waals surface area contributed by atoms with Crippen molar-refractivity contribution in [1.82, 2.24) is 4.90 Å². The summed E-state index contributed by atoms with van der Waals surface area (Å²) in [7, 11) is 0. The number of hydrogen-bond donors (Lipinski definition) is 0. The molecule has 0 spiro atoms. The zero-order valence-electron chi connectivity index (χ0n) is 22.6. The smallest absolute Gasteiger partial charge is 0.550 e. The molecule has 0 fully saturated rings. The maximum absolute atomic E-state index is 11.1. The van der Waals surface area contributed by atoms with E-state index in [1.165, 1.54) is 128 Å². The SMILES string of the molecule is CCCCCCCCCCCCN(CCCCCCCCCCCC)C(C)CC(=O)[O-].[Na+]. The molecule has 0 heterocycles. The fourth-order valence-electron chi connectivity index (χ4n) is 4.53. The average molecular weight is 462 g/mol. The van der Waals surface area contributed by atoms with Crippen LogP contribution in [0.3, 0.4) is 0 Å². The quantitative estimate of drug-likeness (QED) is 0.147. The molecule has 0 aromatic rings. The van der Waals surface area contributed by atoms with Crippen LogP contribution in [0, 0.1) is 0 Å². The number of carboxylic acid groups (broad SMARTS) is 1. The maximum atomic E-state index is 11.1. The Hall–Kier alpha value is 0.430. The fourth-order valence-corrected chi connectivity index (χ4v) is 4.53. The number of nitrogens with zero attached hydrogens (tertiary/aromatic N) is 1. The van der Waals surface area contributed by atoms with E-state index in [9.17, 15) is 9.90 Å². The Kier molecular flexibility index (Phi) is 29.9. The minimum atomic E-state index is -0.913. The van der Waals surface area contributed by atoms with Gasteiger partial charge in [0.2, 0.25) is 0 Å². The summed E-state index contributed by atoms with van der Waals surface area (Å²) >= 11 is 0. The number of rotatable bonds is 25. The molecule has 3 nitrogen and oxygen atoms in total. The zero-order valence-corrected chi connectivity index (χ0v) is 24.6. The van der Waals surface area contributed by atoms with Crippen molar-refractivity contribution in [2.24, 2.45) is 0 Å². The number of carbonyl (C=O) groups is 1. The number of unbranched alkanes of at least 4 members (excludes halogenated alkanes) is 18. The van der Waals surface area contributed by atoms with E-state index in [1.54, 1.807) is 0 Å². The van der Waals surface area contributed by atoms with Gasteiger partial charge in [-0.05, 0) is 32.9 Å². The predicted molar refractivity (Wildman–Crippen MR) is 134 cm³/mol. The summed E-state index contributed by atoms with van der Waals surface area (Å²) < 4.78 is 0. The van der Waals surface area contributed by atoms with Gasteiger partial charge in [0, 0.05) is 18.4 Å². The summed E-state index contributed by atoms with van der Waals surface area (Å²) in [6.07, 6.45) is 27.1. The van der Waals surface area contributed by atoms with Crippen LogP contribution in [-0.4, -0.2) is 30.0 Å². The van der Waals surface area contributed by atoms with Gasteiger partial charge in [-0.2, -0.15) is 0 Å². The minimum Gasteiger partial charge on any atom is -0.550 e. The van der Waals surface area contributed by atoms with Gasteiger partial charge in [0.15, 0.2) is 0 Å². The van der Waals surface area contributed by atoms with Crippen molar-refractivity contribution in [3.05, 3.63) is 0 Å². The number of carboxylic acids is 1. The Morgan fingerprint density at radius 3 is 1.16 bits per heavy atom. The minimum absolute atomic E-state index is 0. The molecule has 0 aromatic carbocycles. The van der Waals surface area contributed by atoms with E-state index in [0.717, 1.165) is 13.1 Å². The molecule has 0 saturated heterocycles. The van der Waals surface area contributed by atoms with Crippen molar-refractivity contribution in [3.8, 4) is 0 Å². The first kappa shape index (κ1) is 34.6. The van der Waals surface area contributed by atoms with Crippen molar-refractivity contribution in [1.29, 1.82) is 0 Å². The van der Waals surface area contributed by atoms with Crippen LogP contribution in [0.1, 0.15) is 156 Å². The van der Waals surface area contributed by atoms with Crippen molar-refractivity contribution in [2.75, 3.05) is 13.1 Å². The van der Waals surface area contributed by atoms with E-state index in [2.05, 4.69) is 25.7 Å². The monoisotopic (exact) mass is 461 g/mol. The average Bonchev–Trinajstić information content (AvgIpc) is 2.74. The van der Waals surface area contributed by atoms with Gasteiger partial charge < -0.3 is 14.8 Å². The Balaban J connectivity index is 0. The molecule has 1 atom stereocenters. The second kappa shape index (κ2) is 27.7. The predicted octanol–water partition coefficient (Wildman–Crippen LogP) is 4.66. The number of aliphatic carboxylic acids is 1. The third kappa shape index (κ3) is 25.1. The summed E-state index contributed by atoms with van der Waals surface area (Å²) in [4.78, 5) is 13.5. The molecule has 0 aliphatic heterocycles. The van der Waals surface area contributed by atoms with E-state index in [-0.39, 0.29) is 42.0 Å². The molecule has 0 radical (unpaired) electrons. The third-order valence-corrected chi connectivity index (χ3v) is 6.68. The van der Waals surface area contributed by atoms with Crippen LogP contribution in [0.5, 0.6) is 0 Å². The molecule has 0 bridgehead atoms. The summed E-state index contributed by atoms with van der Waals surface area (Å²) in [6, 6.07) is 0.0992. The zero-order chi connectivity index (χ0) is 23.0. The molecular formula is C28H56NNaO2. The van der Waals surface area contributed by atoms with Gasteiger partial charge in [-0.25, -0.2) is 0 Å². The maximum Gasteiger partial charge on any atom is 1.00 e. The molecule has 0 saturated carbocycles. The van der Waals surface area contributed by atoms with Crippen LogP contribution in [-0.2, 0) is 4.79 Å². The molecule has 0 amide bonds. The Morgan fingerprint density at radius 1 is 0.594 bits per heavy atom. The van der Waals surface area contributed by atoms with E-state index >= 15 is 0 Å². The number of carbonyl (C=O) groups excluding carboxylic acids is 1. The molecule has 0 aliphatic rings. The fraction of sp³-hybridized carbons (Fsp3) is 0.964. The molecular weight excluding hydrogens is 405 g/mol. The first-order valence-corrected chi connectivity index (χ1v) is 14.1. The van der Waals surface area contributed by atoms with E-state index in [1.807, 2.05) is 0 Å². The van der Waals surface area contributed by atoms with Gasteiger partial charge in [0.25, 0.3) is 0 Å². The summed E-state index contributed by atoms with van der Waals surface area (Å²) in [5.74, 6) is -0.913. The third-order valence-electron chi connectivity index (χ3n) is 6.68. The molecule has 186 valence electrons.